The lowest BCUT2D eigenvalue weighted by atomic mass is 10.1. The quantitative estimate of drug-likeness (QED) is 0.693. The summed E-state index contributed by atoms with van der Waals surface area (Å²) in [5.41, 5.74) is 4.92. The van der Waals surface area contributed by atoms with E-state index in [1.165, 1.54) is 8.61 Å². The molecule has 2 aromatic rings. The van der Waals surface area contributed by atoms with Crippen molar-refractivity contribution in [3.63, 3.8) is 0 Å². The Balaban J connectivity index is 1.91. The van der Waals surface area contributed by atoms with Crippen LogP contribution in [0, 0.1) is 41.5 Å². The molecule has 1 aliphatic heterocycles. The molecule has 0 spiro atoms. The van der Waals surface area contributed by atoms with Gasteiger partial charge < -0.3 is 0 Å². The molecule has 0 aromatic heterocycles. The number of nitrogens with zero attached hydrogens (tertiary/aromatic N) is 2. The minimum absolute atomic E-state index is 0.137. The van der Waals surface area contributed by atoms with E-state index >= 15 is 0 Å². The summed E-state index contributed by atoms with van der Waals surface area (Å²) in [5.74, 6) is 0. The van der Waals surface area contributed by atoms with Gasteiger partial charge in [-0.1, -0.05) is 35.4 Å². The van der Waals surface area contributed by atoms with Crippen molar-refractivity contribution in [2.75, 3.05) is 26.2 Å². The third-order valence-corrected chi connectivity index (χ3v) is 10.2. The second-order valence-electron chi connectivity index (χ2n) is 8.62. The second-order valence-corrected chi connectivity index (χ2v) is 12.4. The van der Waals surface area contributed by atoms with Gasteiger partial charge in [-0.3, -0.25) is 0 Å². The van der Waals surface area contributed by atoms with E-state index in [0.717, 1.165) is 33.4 Å². The van der Waals surface area contributed by atoms with Crippen LogP contribution in [0.5, 0.6) is 0 Å². The molecular formula is C23H32N2O4S2. The van der Waals surface area contributed by atoms with Crippen molar-refractivity contribution in [1.82, 2.24) is 8.61 Å². The molecule has 0 amide bonds. The number of hydrogen-bond donors (Lipinski definition) is 0. The number of sulfonamides is 2. The third kappa shape index (κ3) is 4.58. The van der Waals surface area contributed by atoms with E-state index in [4.69, 9.17) is 0 Å². The molecule has 3 rings (SSSR count). The smallest absolute Gasteiger partial charge is 0.207 e. The molecule has 1 heterocycles. The maximum atomic E-state index is 13.4. The maximum Gasteiger partial charge on any atom is 0.243 e. The molecule has 0 unspecified atom stereocenters. The van der Waals surface area contributed by atoms with Crippen molar-refractivity contribution in [1.29, 1.82) is 0 Å². The van der Waals surface area contributed by atoms with Crippen LogP contribution in [-0.4, -0.2) is 51.6 Å². The van der Waals surface area contributed by atoms with E-state index in [1.54, 1.807) is 0 Å². The van der Waals surface area contributed by atoms with Crippen molar-refractivity contribution in [2.24, 2.45) is 0 Å². The SMILES string of the molecule is Cc1cc(C)c(S(=O)(=O)N2CCCN(S(=O)(=O)c3c(C)cc(C)cc3C)CC2)c(C)c1. The maximum absolute atomic E-state index is 13.4. The zero-order valence-electron chi connectivity index (χ0n) is 19.2. The minimum Gasteiger partial charge on any atom is -0.207 e. The summed E-state index contributed by atoms with van der Waals surface area (Å²) in [5, 5.41) is 0. The van der Waals surface area contributed by atoms with Crippen LogP contribution in [-0.2, 0) is 20.0 Å². The van der Waals surface area contributed by atoms with Gasteiger partial charge in [-0.15, -0.1) is 0 Å². The van der Waals surface area contributed by atoms with Crippen molar-refractivity contribution in [2.45, 2.75) is 57.8 Å². The fraction of sp³-hybridized carbons (Fsp3) is 0.478. The Morgan fingerprint density at radius 3 is 1.13 bits per heavy atom. The zero-order valence-corrected chi connectivity index (χ0v) is 20.8. The van der Waals surface area contributed by atoms with Crippen molar-refractivity contribution in [3.8, 4) is 0 Å². The summed E-state index contributed by atoms with van der Waals surface area (Å²) in [4.78, 5) is 0.666. The van der Waals surface area contributed by atoms with Crippen molar-refractivity contribution < 1.29 is 16.8 Å². The van der Waals surface area contributed by atoms with Gasteiger partial charge in [0.25, 0.3) is 0 Å². The van der Waals surface area contributed by atoms with Gasteiger partial charge in [-0.2, -0.15) is 8.61 Å². The topological polar surface area (TPSA) is 74.8 Å². The molecule has 8 heteroatoms. The predicted molar refractivity (Wildman–Crippen MR) is 123 cm³/mol. The Bertz CT molecular complexity index is 1080. The van der Waals surface area contributed by atoms with E-state index in [1.807, 2.05) is 65.8 Å². The fourth-order valence-corrected chi connectivity index (χ4v) is 8.52. The van der Waals surface area contributed by atoms with Gasteiger partial charge in [0.15, 0.2) is 0 Å². The standard InChI is InChI=1S/C23H32N2O4S2/c1-16-12-18(3)22(19(4)13-16)30(26,27)24-8-7-9-25(11-10-24)31(28,29)23-20(5)14-17(2)15-21(23)6/h12-15H,7-11H2,1-6H3. The molecule has 1 saturated heterocycles. The lowest BCUT2D eigenvalue weighted by Crippen LogP contribution is -2.38. The average molecular weight is 465 g/mol. The second kappa shape index (κ2) is 8.65. The Morgan fingerprint density at radius 1 is 0.548 bits per heavy atom. The lowest BCUT2D eigenvalue weighted by molar-refractivity contribution is 0.404. The van der Waals surface area contributed by atoms with E-state index in [9.17, 15) is 16.8 Å². The highest BCUT2D eigenvalue weighted by atomic mass is 32.2. The Hall–Kier alpha value is -1.74. The molecule has 0 atom stereocenters. The number of rotatable bonds is 4. The summed E-state index contributed by atoms with van der Waals surface area (Å²) in [6.07, 6.45) is 0.451. The Morgan fingerprint density at radius 2 is 0.839 bits per heavy atom. The summed E-state index contributed by atoms with van der Waals surface area (Å²) in [6, 6.07) is 7.49. The van der Waals surface area contributed by atoms with Crippen LogP contribution in [0.1, 0.15) is 39.8 Å². The highest BCUT2D eigenvalue weighted by Crippen LogP contribution is 2.29. The van der Waals surface area contributed by atoms with Crippen molar-refractivity contribution >= 4 is 20.0 Å². The Labute approximate surface area is 187 Å². The van der Waals surface area contributed by atoms with Gasteiger partial charge in [-0.25, -0.2) is 16.8 Å². The van der Waals surface area contributed by atoms with Gasteiger partial charge in [0.2, 0.25) is 20.0 Å². The van der Waals surface area contributed by atoms with Crippen LogP contribution >= 0.6 is 0 Å². The van der Waals surface area contributed by atoms with E-state index in [2.05, 4.69) is 0 Å². The first-order chi connectivity index (χ1) is 14.4. The highest BCUT2D eigenvalue weighted by molar-refractivity contribution is 7.89. The molecule has 2 aromatic carbocycles. The number of aryl methyl sites for hydroxylation is 6. The molecule has 0 N–H and O–H groups in total. The van der Waals surface area contributed by atoms with Gasteiger partial charge >= 0.3 is 0 Å². The largest absolute Gasteiger partial charge is 0.243 e. The summed E-state index contributed by atoms with van der Waals surface area (Å²) in [6.45, 7) is 12.0. The molecule has 1 aliphatic rings. The molecule has 0 saturated carbocycles. The molecule has 0 bridgehead atoms. The molecule has 6 nitrogen and oxygen atoms in total. The summed E-state index contributed by atoms with van der Waals surface area (Å²) in [7, 11) is -7.41. The van der Waals surface area contributed by atoms with Crippen LogP contribution in [0.3, 0.4) is 0 Å². The zero-order chi connectivity index (χ0) is 23.1. The molecule has 0 radical (unpaired) electrons. The molecular weight excluding hydrogens is 432 g/mol. The first-order valence-corrected chi connectivity index (χ1v) is 13.4. The highest BCUT2D eigenvalue weighted by Gasteiger charge is 2.34. The van der Waals surface area contributed by atoms with Crippen LogP contribution < -0.4 is 0 Å². The first-order valence-electron chi connectivity index (χ1n) is 10.5. The Kier molecular flexibility index (Phi) is 6.68. The van der Waals surface area contributed by atoms with Crippen molar-refractivity contribution in [3.05, 3.63) is 57.6 Å². The minimum atomic E-state index is -3.71. The van der Waals surface area contributed by atoms with E-state index < -0.39 is 20.0 Å². The van der Waals surface area contributed by atoms with Crippen LogP contribution in [0.4, 0.5) is 0 Å². The van der Waals surface area contributed by atoms with Gasteiger partial charge in [0.05, 0.1) is 9.79 Å². The van der Waals surface area contributed by atoms with Crippen LogP contribution in [0.2, 0.25) is 0 Å². The first kappa shape index (κ1) is 23.9. The fourth-order valence-electron chi connectivity index (χ4n) is 4.76. The predicted octanol–water partition coefficient (Wildman–Crippen LogP) is 3.62. The summed E-state index contributed by atoms with van der Waals surface area (Å²) >= 11 is 0. The van der Waals surface area contributed by atoms with Gasteiger partial charge in [0, 0.05) is 26.2 Å². The van der Waals surface area contributed by atoms with E-state index in [0.29, 0.717) is 29.3 Å². The normalized spacial score (nSPS) is 17.0. The monoisotopic (exact) mass is 464 g/mol. The molecule has 31 heavy (non-hydrogen) atoms. The average Bonchev–Trinajstić information content (AvgIpc) is 2.86. The molecule has 0 aliphatic carbocycles. The molecule has 1 fully saturated rings. The molecule has 170 valence electrons. The van der Waals surface area contributed by atoms with Gasteiger partial charge in [0.1, 0.15) is 0 Å². The summed E-state index contributed by atoms with van der Waals surface area (Å²) < 4.78 is 56.6. The van der Waals surface area contributed by atoms with Gasteiger partial charge in [-0.05, 0) is 70.2 Å². The van der Waals surface area contributed by atoms with E-state index in [-0.39, 0.29) is 13.1 Å². The number of hydrogen-bond acceptors (Lipinski definition) is 4. The van der Waals surface area contributed by atoms with Crippen LogP contribution in [0.15, 0.2) is 34.1 Å². The number of benzene rings is 2. The third-order valence-electron chi connectivity index (χ3n) is 5.82. The van der Waals surface area contributed by atoms with Crippen LogP contribution in [0.25, 0.3) is 0 Å². The lowest BCUT2D eigenvalue weighted by Gasteiger charge is -2.24.